The first-order chi connectivity index (χ1) is 10.2. The molecular formula is C18H26N2O. The zero-order valence-corrected chi connectivity index (χ0v) is 13.1. The van der Waals surface area contributed by atoms with Crippen LogP contribution >= 0.6 is 0 Å². The molecular weight excluding hydrogens is 260 g/mol. The Hall–Kier alpha value is -1.32. The van der Waals surface area contributed by atoms with Crippen LogP contribution in [0.25, 0.3) is 11.0 Å². The first-order valence-corrected chi connectivity index (χ1v) is 8.14. The van der Waals surface area contributed by atoms with E-state index >= 15 is 0 Å². The minimum absolute atomic E-state index is 0.579. The zero-order valence-electron chi connectivity index (χ0n) is 13.1. The lowest BCUT2D eigenvalue weighted by atomic mass is 9.97. The highest BCUT2D eigenvalue weighted by Crippen LogP contribution is 2.22. The van der Waals surface area contributed by atoms with Crippen molar-refractivity contribution in [3.63, 3.8) is 0 Å². The molecule has 3 heteroatoms. The molecule has 0 radical (unpaired) electrons. The Labute approximate surface area is 127 Å². The van der Waals surface area contributed by atoms with Crippen LogP contribution in [0.2, 0.25) is 0 Å². The lowest BCUT2D eigenvalue weighted by Crippen LogP contribution is -2.40. The number of likely N-dealkylation sites (tertiary alicyclic amines) is 1. The minimum atomic E-state index is 0.579. The van der Waals surface area contributed by atoms with E-state index in [1.807, 2.05) is 12.1 Å². The van der Waals surface area contributed by atoms with Crippen molar-refractivity contribution in [1.82, 2.24) is 10.2 Å². The van der Waals surface area contributed by atoms with Gasteiger partial charge in [-0.3, -0.25) is 4.90 Å². The second-order valence-corrected chi connectivity index (χ2v) is 6.56. The normalized spacial score (nSPS) is 20.4. The van der Waals surface area contributed by atoms with E-state index in [0.29, 0.717) is 6.04 Å². The number of nitrogens with zero attached hydrogens (tertiary/aromatic N) is 1. The van der Waals surface area contributed by atoms with Gasteiger partial charge in [0.15, 0.2) is 0 Å². The largest absolute Gasteiger partial charge is 0.460 e. The fourth-order valence-electron chi connectivity index (χ4n) is 3.20. The van der Waals surface area contributed by atoms with Crippen molar-refractivity contribution in [2.24, 2.45) is 5.92 Å². The molecule has 21 heavy (non-hydrogen) atoms. The molecule has 114 valence electrons. The molecule has 0 spiro atoms. The van der Waals surface area contributed by atoms with Crippen LogP contribution in [-0.2, 0) is 6.54 Å². The zero-order chi connectivity index (χ0) is 14.7. The summed E-state index contributed by atoms with van der Waals surface area (Å²) in [5.74, 6) is 1.86. The van der Waals surface area contributed by atoms with Gasteiger partial charge >= 0.3 is 0 Å². The Morgan fingerprint density at radius 3 is 3.00 bits per heavy atom. The molecule has 0 aliphatic carbocycles. The molecule has 3 nitrogen and oxygen atoms in total. The number of piperidine rings is 1. The summed E-state index contributed by atoms with van der Waals surface area (Å²) in [6.45, 7) is 8.87. The summed E-state index contributed by atoms with van der Waals surface area (Å²) < 4.78 is 5.95. The van der Waals surface area contributed by atoms with Gasteiger partial charge in [0.1, 0.15) is 11.3 Å². The number of furan rings is 1. The lowest BCUT2D eigenvalue weighted by molar-refractivity contribution is 0.155. The second-order valence-electron chi connectivity index (χ2n) is 6.56. The van der Waals surface area contributed by atoms with Crippen LogP contribution < -0.4 is 5.32 Å². The number of benzene rings is 1. The number of para-hydroxylation sites is 1. The second kappa shape index (κ2) is 6.63. The maximum Gasteiger partial charge on any atom is 0.134 e. The quantitative estimate of drug-likeness (QED) is 0.909. The Morgan fingerprint density at radius 2 is 2.19 bits per heavy atom. The molecule has 1 N–H and O–H groups in total. The van der Waals surface area contributed by atoms with Gasteiger partial charge < -0.3 is 9.73 Å². The molecule has 1 atom stereocenters. The van der Waals surface area contributed by atoms with E-state index in [-0.39, 0.29) is 0 Å². The van der Waals surface area contributed by atoms with Gasteiger partial charge in [-0.05, 0) is 44.0 Å². The Kier molecular flexibility index (Phi) is 4.61. The maximum atomic E-state index is 5.95. The van der Waals surface area contributed by atoms with Crippen molar-refractivity contribution in [2.45, 2.75) is 39.3 Å². The molecule has 1 aliphatic heterocycles. The van der Waals surface area contributed by atoms with E-state index in [4.69, 9.17) is 4.42 Å². The van der Waals surface area contributed by atoms with Crippen LogP contribution in [0.4, 0.5) is 0 Å². The number of nitrogens with one attached hydrogen (secondary N) is 1. The van der Waals surface area contributed by atoms with E-state index in [9.17, 15) is 0 Å². The molecule has 0 bridgehead atoms. The molecule has 3 rings (SSSR count). The highest BCUT2D eigenvalue weighted by Gasteiger charge is 2.20. The summed E-state index contributed by atoms with van der Waals surface area (Å²) in [6, 6.07) is 11.0. The van der Waals surface area contributed by atoms with E-state index in [1.165, 1.54) is 31.3 Å². The molecule has 2 aromatic rings. The summed E-state index contributed by atoms with van der Waals surface area (Å²) in [7, 11) is 0. The third kappa shape index (κ3) is 3.86. The van der Waals surface area contributed by atoms with Crippen LogP contribution in [-0.4, -0.2) is 30.6 Å². The SMILES string of the molecule is CC(C)NCC1CCCN(Cc2cc3ccccc3o2)C1. The predicted molar refractivity (Wildman–Crippen MR) is 87.4 cm³/mol. The maximum absolute atomic E-state index is 5.95. The van der Waals surface area contributed by atoms with Crippen LogP contribution in [0, 0.1) is 5.92 Å². The van der Waals surface area contributed by atoms with Crippen LogP contribution in [0.15, 0.2) is 34.7 Å². The van der Waals surface area contributed by atoms with Crippen molar-refractivity contribution < 1.29 is 4.42 Å². The Balaban J connectivity index is 1.59. The summed E-state index contributed by atoms with van der Waals surface area (Å²) in [4.78, 5) is 2.54. The van der Waals surface area contributed by atoms with Crippen molar-refractivity contribution >= 4 is 11.0 Å². The standard InChI is InChI=1S/C18H26N2O/c1-14(2)19-11-15-6-5-9-20(12-15)13-17-10-16-7-3-4-8-18(16)21-17/h3-4,7-8,10,14-15,19H,5-6,9,11-13H2,1-2H3. The van der Waals surface area contributed by atoms with Gasteiger partial charge in [-0.15, -0.1) is 0 Å². The van der Waals surface area contributed by atoms with E-state index < -0.39 is 0 Å². The third-order valence-electron chi connectivity index (χ3n) is 4.27. The monoisotopic (exact) mass is 286 g/mol. The highest BCUT2D eigenvalue weighted by molar-refractivity contribution is 5.77. The third-order valence-corrected chi connectivity index (χ3v) is 4.27. The van der Waals surface area contributed by atoms with E-state index in [2.05, 4.69) is 42.3 Å². The lowest BCUT2D eigenvalue weighted by Gasteiger charge is -2.32. The average Bonchev–Trinajstić information content (AvgIpc) is 2.87. The van der Waals surface area contributed by atoms with Crippen LogP contribution in [0.3, 0.4) is 0 Å². The van der Waals surface area contributed by atoms with Crippen LogP contribution in [0.5, 0.6) is 0 Å². The number of hydrogen-bond donors (Lipinski definition) is 1. The van der Waals surface area contributed by atoms with Gasteiger partial charge in [0.25, 0.3) is 0 Å². The number of rotatable bonds is 5. The number of hydrogen-bond acceptors (Lipinski definition) is 3. The fraction of sp³-hybridized carbons (Fsp3) is 0.556. The van der Waals surface area contributed by atoms with E-state index in [1.54, 1.807) is 0 Å². The fourth-order valence-corrected chi connectivity index (χ4v) is 3.20. The van der Waals surface area contributed by atoms with Crippen molar-refractivity contribution in [3.8, 4) is 0 Å². The minimum Gasteiger partial charge on any atom is -0.460 e. The van der Waals surface area contributed by atoms with Gasteiger partial charge in [-0.2, -0.15) is 0 Å². The van der Waals surface area contributed by atoms with Crippen molar-refractivity contribution in [1.29, 1.82) is 0 Å². The van der Waals surface area contributed by atoms with Gasteiger partial charge in [-0.25, -0.2) is 0 Å². The van der Waals surface area contributed by atoms with Gasteiger partial charge in [0, 0.05) is 18.0 Å². The smallest absolute Gasteiger partial charge is 0.134 e. The molecule has 1 aromatic heterocycles. The van der Waals surface area contributed by atoms with Crippen molar-refractivity contribution in [2.75, 3.05) is 19.6 Å². The molecule has 0 amide bonds. The molecule has 0 saturated carbocycles. The van der Waals surface area contributed by atoms with Gasteiger partial charge in [-0.1, -0.05) is 32.0 Å². The van der Waals surface area contributed by atoms with E-state index in [0.717, 1.165) is 30.4 Å². The predicted octanol–water partition coefficient (Wildman–Crippen LogP) is 3.64. The molecule has 1 aliphatic rings. The average molecular weight is 286 g/mol. The molecule has 1 fully saturated rings. The molecule has 1 aromatic carbocycles. The number of fused-ring (bicyclic) bond motifs is 1. The van der Waals surface area contributed by atoms with Crippen LogP contribution in [0.1, 0.15) is 32.4 Å². The molecule has 1 unspecified atom stereocenters. The van der Waals surface area contributed by atoms with Crippen molar-refractivity contribution in [3.05, 3.63) is 36.1 Å². The first-order valence-electron chi connectivity index (χ1n) is 8.14. The summed E-state index contributed by atoms with van der Waals surface area (Å²) >= 11 is 0. The Morgan fingerprint density at radius 1 is 1.33 bits per heavy atom. The summed E-state index contributed by atoms with van der Waals surface area (Å²) in [5.41, 5.74) is 1.00. The van der Waals surface area contributed by atoms with Gasteiger partial charge in [0.05, 0.1) is 6.54 Å². The highest BCUT2D eigenvalue weighted by atomic mass is 16.3. The first kappa shape index (κ1) is 14.6. The summed E-state index contributed by atoms with van der Waals surface area (Å²) in [5, 5.41) is 4.78. The topological polar surface area (TPSA) is 28.4 Å². The summed E-state index contributed by atoms with van der Waals surface area (Å²) in [6.07, 6.45) is 2.64. The van der Waals surface area contributed by atoms with Gasteiger partial charge in [0.2, 0.25) is 0 Å². The molecule has 2 heterocycles. The molecule has 1 saturated heterocycles. The Bertz CT molecular complexity index is 542.